The minimum absolute atomic E-state index is 0.399. The number of rotatable bonds is 10. The Balaban J connectivity index is 1.96. The summed E-state index contributed by atoms with van der Waals surface area (Å²) in [5, 5.41) is 3.13. The lowest BCUT2D eigenvalue weighted by Crippen LogP contribution is -2.30. The van der Waals surface area contributed by atoms with Crippen LogP contribution in [0.5, 0.6) is 11.5 Å². The van der Waals surface area contributed by atoms with Crippen LogP contribution in [-0.4, -0.2) is 49.7 Å². The van der Waals surface area contributed by atoms with Gasteiger partial charge in [-0.3, -0.25) is 9.89 Å². The van der Waals surface area contributed by atoms with E-state index in [1.807, 2.05) is 32.0 Å². The molecule has 2 rings (SSSR count). The summed E-state index contributed by atoms with van der Waals surface area (Å²) in [5.41, 5.74) is 6.81. The van der Waals surface area contributed by atoms with Gasteiger partial charge in [0.25, 0.3) is 0 Å². The molecule has 134 valence electrons. The molecular weight excluding hydrogens is 304 g/mol. The Morgan fingerprint density at radius 1 is 1.25 bits per heavy atom. The summed E-state index contributed by atoms with van der Waals surface area (Å²) < 4.78 is 11.2. The van der Waals surface area contributed by atoms with Crippen LogP contribution in [0.2, 0.25) is 0 Å². The SMILES string of the molecule is CCOc1ccc(OCC)c(NC(N)=NCCN(CC)C2CC2)c1. The first-order valence-corrected chi connectivity index (χ1v) is 8.88. The number of hydrogen-bond donors (Lipinski definition) is 2. The van der Waals surface area contributed by atoms with Crippen LogP contribution in [0.4, 0.5) is 5.69 Å². The maximum atomic E-state index is 6.04. The lowest BCUT2D eigenvalue weighted by atomic mass is 10.2. The number of guanidine groups is 1. The van der Waals surface area contributed by atoms with E-state index in [4.69, 9.17) is 15.2 Å². The fraction of sp³-hybridized carbons (Fsp3) is 0.611. The Hall–Kier alpha value is -1.95. The van der Waals surface area contributed by atoms with Gasteiger partial charge in [-0.2, -0.15) is 0 Å². The molecule has 0 aliphatic heterocycles. The number of nitrogens with one attached hydrogen (secondary N) is 1. The van der Waals surface area contributed by atoms with Crippen molar-refractivity contribution in [3.05, 3.63) is 18.2 Å². The molecule has 0 atom stereocenters. The van der Waals surface area contributed by atoms with Crippen LogP contribution in [0.1, 0.15) is 33.6 Å². The molecule has 1 aliphatic carbocycles. The van der Waals surface area contributed by atoms with Gasteiger partial charge in [0.2, 0.25) is 0 Å². The molecule has 1 fully saturated rings. The van der Waals surface area contributed by atoms with E-state index in [1.165, 1.54) is 12.8 Å². The van der Waals surface area contributed by atoms with Crippen molar-refractivity contribution in [2.45, 2.75) is 39.7 Å². The maximum absolute atomic E-state index is 6.04. The molecule has 6 nitrogen and oxygen atoms in total. The number of benzene rings is 1. The molecule has 1 aromatic carbocycles. The molecule has 0 bridgehead atoms. The first kappa shape index (κ1) is 18.4. The molecule has 0 unspecified atom stereocenters. The third kappa shape index (κ3) is 5.60. The molecule has 0 aromatic heterocycles. The van der Waals surface area contributed by atoms with Gasteiger partial charge < -0.3 is 20.5 Å². The van der Waals surface area contributed by atoms with Gasteiger partial charge in [-0.1, -0.05) is 6.92 Å². The van der Waals surface area contributed by atoms with Crippen LogP contribution < -0.4 is 20.5 Å². The largest absolute Gasteiger partial charge is 0.494 e. The second kappa shape index (κ2) is 9.37. The zero-order valence-corrected chi connectivity index (χ0v) is 15.0. The number of anilines is 1. The second-order valence-corrected chi connectivity index (χ2v) is 5.78. The Kier molecular flexibility index (Phi) is 7.18. The van der Waals surface area contributed by atoms with Crippen molar-refractivity contribution < 1.29 is 9.47 Å². The summed E-state index contributed by atoms with van der Waals surface area (Å²) in [6.45, 7) is 10.0. The van der Waals surface area contributed by atoms with Crippen molar-refractivity contribution >= 4 is 11.6 Å². The van der Waals surface area contributed by atoms with E-state index in [0.717, 1.165) is 36.3 Å². The number of nitrogens with zero attached hydrogens (tertiary/aromatic N) is 2. The van der Waals surface area contributed by atoms with E-state index in [2.05, 4.69) is 22.1 Å². The van der Waals surface area contributed by atoms with Crippen LogP contribution in [0, 0.1) is 0 Å². The van der Waals surface area contributed by atoms with Gasteiger partial charge in [-0.05, 0) is 45.4 Å². The van der Waals surface area contributed by atoms with Crippen LogP contribution >= 0.6 is 0 Å². The fourth-order valence-electron chi connectivity index (χ4n) is 2.66. The fourth-order valence-corrected chi connectivity index (χ4v) is 2.66. The maximum Gasteiger partial charge on any atom is 0.193 e. The first-order valence-electron chi connectivity index (χ1n) is 8.88. The van der Waals surface area contributed by atoms with E-state index in [9.17, 15) is 0 Å². The monoisotopic (exact) mass is 334 g/mol. The zero-order chi connectivity index (χ0) is 17.4. The van der Waals surface area contributed by atoms with Crippen molar-refractivity contribution in [3.8, 4) is 11.5 Å². The van der Waals surface area contributed by atoms with Crippen LogP contribution in [0.15, 0.2) is 23.2 Å². The Morgan fingerprint density at radius 3 is 2.62 bits per heavy atom. The number of aliphatic imine (C=N–C) groups is 1. The quantitative estimate of drug-likeness (QED) is 0.508. The van der Waals surface area contributed by atoms with Crippen molar-refractivity contribution in [3.63, 3.8) is 0 Å². The molecule has 6 heteroatoms. The highest BCUT2D eigenvalue weighted by atomic mass is 16.5. The Labute approximate surface area is 145 Å². The predicted octanol–water partition coefficient (Wildman–Crippen LogP) is 2.69. The summed E-state index contributed by atoms with van der Waals surface area (Å²) >= 11 is 0. The third-order valence-electron chi connectivity index (χ3n) is 3.96. The van der Waals surface area contributed by atoms with Crippen LogP contribution in [-0.2, 0) is 0 Å². The molecule has 1 aliphatic rings. The third-order valence-corrected chi connectivity index (χ3v) is 3.96. The summed E-state index contributed by atoms with van der Waals surface area (Å²) in [6, 6.07) is 6.42. The van der Waals surface area contributed by atoms with Crippen molar-refractivity contribution in [1.82, 2.24) is 4.90 Å². The number of ether oxygens (including phenoxy) is 2. The molecule has 3 N–H and O–H groups in total. The van der Waals surface area contributed by atoms with Crippen molar-refractivity contribution in [1.29, 1.82) is 0 Å². The average Bonchev–Trinajstić information content (AvgIpc) is 3.39. The van der Waals surface area contributed by atoms with Gasteiger partial charge in [-0.25, -0.2) is 0 Å². The highest BCUT2D eigenvalue weighted by molar-refractivity contribution is 5.94. The van der Waals surface area contributed by atoms with E-state index in [-0.39, 0.29) is 0 Å². The topological polar surface area (TPSA) is 72.1 Å². The van der Waals surface area contributed by atoms with E-state index < -0.39 is 0 Å². The molecule has 0 saturated heterocycles. The van der Waals surface area contributed by atoms with Crippen LogP contribution in [0.3, 0.4) is 0 Å². The predicted molar refractivity (Wildman–Crippen MR) is 99.2 cm³/mol. The second-order valence-electron chi connectivity index (χ2n) is 5.78. The van der Waals surface area contributed by atoms with Crippen molar-refractivity contribution in [2.24, 2.45) is 10.7 Å². The van der Waals surface area contributed by atoms with Gasteiger partial charge in [0.05, 0.1) is 25.4 Å². The van der Waals surface area contributed by atoms with Gasteiger partial charge in [0.1, 0.15) is 11.5 Å². The highest BCUT2D eigenvalue weighted by Crippen LogP contribution is 2.29. The smallest absolute Gasteiger partial charge is 0.193 e. The molecule has 0 heterocycles. The van der Waals surface area contributed by atoms with Gasteiger partial charge in [0.15, 0.2) is 5.96 Å². The molecular formula is C18H30N4O2. The summed E-state index contributed by atoms with van der Waals surface area (Å²) in [5.74, 6) is 1.92. The molecule has 1 saturated carbocycles. The lowest BCUT2D eigenvalue weighted by molar-refractivity contribution is 0.286. The van der Waals surface area contributed by atoms with Crippen LogP contribution in [0.25, 0.3) is 0 Å². The molecule has 1 aromatic rings. The highest BCUT2D eigenvalue weighted by Gasteiger charge is 2.27. The zero-order valence-electron chi connectivity index (χ0n) is 15.0. The standard InChI is InChI=1S/C18H30N4O2/c1-4-22(14-7-8-14)12-11-20-18(19)21-16-13-15(23-5-2)9-10-17(16)24-6-3/h9-10,13-14H,4-8,11-12H2,1-3H3,(H3,19,20,21). The van der Waals surface area contributed by atoms with E-state index >= 15 is 0 Å². The molecule has 0 spiro atoms. The number of nitrogens with two attached hydrogens (primary N) is 1. The molecule has 24 heavy (non-hydrogen) atoms. The summed E-state index contributed by atoms with van der Waals surface area (Å²) in [4.78, 5) is 6.90. The number of likely N-dealkylation sites (N-methyl/N-ethyl adjacent to an activating group) is 1. The first-order chi connectivity index (χ1) is 11.7. The molecule has 0 radical (unpaired) electrons. The van der Waals surface area contributed by atoms with E-state index in [0.29, 0.717) is 25.7 Å². The van der Waals surface area contributed by atoms with Crippen molar-refractivity contribution in [2.75, 3.05) is 38.2 Å². The lowest BCUT2D eigenvalue weighted by Gasteiger charge is -2.18. The minimum Gasteiger partial charge on any atom is -0.494 e. The van der Waals surface area contributed by atoms with E-state index in [1.54, 1.807) is 0 Å². The Morgan fingerprint density at radius 2 is 2.00 bits per heavy atom. The summed E-state index contributed by atoms with van der Waals surface area (Å²) in [6.07, 6.45) is 2.63. The Bertz CT molecular complexity index is 544. The number of hydrogen-bond acceptors (Lipinski definition) is 4. The van der Waals surface area contributed by atoms with Gasteiger partial charge >= 0.3 is 0 Å². The minimum atomic E-state index is 0.399. The normalized spacial score (nSPS) is 14.8. The summed E-state index contributed by atoms with van der Waals surface area (Å²) in [7, 11) is 0. The average molecular weight is 334 g/mol. The molecule has 0 amide bonds. The van der Waals surface area contributed by atoms with Gasteiger partial charge in [-0.15, -0.1) is 0 Å². The van der Waals surface area contributed by atoms with Gasteiger partial charge in [0, 0.05) is 18.7 Å².